The normalized spacial score (nSPS) is 16.7. The highest BCUT2D eigenvalue weighted by Gasteiger charge is 2.48. The lowest BCUT2D eigenvalue weighted by Crippen LogP contribution is -2.29. The number of fused-ring (bicyclic) bond motifs is 6. The first kappa shape index (κ1) is 44.2. The molecule has 0 N–H and O–H groups in total. The summed E-state index contributed by atoms with van der Waals surface area (Å²) in [5.41, 5.74) is 22.9. The Balaban J connectivity index is 0.999. The molecule has 0 bridgehead atoms. The van der Waals surface area contributed by atoms with Gasteiger partial charge in [-0.05, 0) is 142 Å². The number of benzene rings is 10. The summed E-state index contributed by atoms with van der Waals surface area (Å²) in [6.45, 7) is 13.8. The molecule has 2 atom stereocenters. The minimum atomic E-state index is -0.525. The number of hydrogen-bond acceptors (Lipinski definition) is 1. The molecule has 1 nitrogen and oxygen atoms in total. The van der Waals surface area contributed by atoms with Crippen molar-refractivity contribution in [3.05, 3.63) is 304 Å². The van der Waals surface area contributed by atoms with Crippen LogP contribution >= 0.6 is 0 Å². The van der Waals surface area contributed by atoms with Crippen LogP contribution in [0.5, 0.6) is 0 Å². The first-order valence-corrected chi connectivity index (χ1v) is 25.2. The fourth-order valence-electron chi connectivity index (χ4n) is 12.1. The summed E-state index contributed by atoms with van der Waals surface area (Å²) < 4.78 is 0. The maximum absolute atomic E-state index is 2.47. The molecular weight excluding hydrogens is 855 g/mol. The van der Waals surface area contributed by atoms with Crippen molar-refractivity contribution in [2.24, 2.45) is 0 Å². The quantitative estimate of drug-likeness (QED) is 0.147. The molecule has 0 amide bonds. The Bertz CT molecular complexity index is 3560. The smallest absolute Gasteiger partial charge is 0.0714 e. The highest BCUT2D eigenvalue weighted by molar-refractivity contribution is 5.91. The van der Waals surface area contributed by atoms with Gasteiger partial charge in [-0.3, -0.25) is 0 Å². The lowest BCUT2D eigenvalue weighted by Gasteiger charge is -2.35. The van der Waals surface area contributed by atoms with Crippen LogP contribution in [0.1, 0.15) is 97.2 Å². The summed E-state index contributed by atoms with van der Waals surface area (Å²) in [5.74, 6) is 0. The lowest BCUT2D eigenvalue weighted by molar-refractivity contribution is 0.589. The summed E-state index contributed by atoms with van der Waals surface area (Å²) in [6.07, 6.45) is 0. The Morgan fingerprint density at radius 3 is 1.10 bits per heavy atom. The fourth-order valence-corrected chi connectivity index (χ4v) is 12.1. The minimum Gasteiger partial charge on any atom is -0.310 e. The van der Waals surface area contributed by atoms with Gasteiger partial charge < -0.3 is 4.90 Å². The highest BCUT2D eigenvalue weighted by atomic mass is 15.1. The van der Waals surface area contributed by atoms with Crippen molar-refractivity contribution in [1.29, 1.82) is 0 Å². The zero-order valence-electron chi connectivity index (χ0n) is 41.6. The maximum atomic E-state index is 2.47. The van der Waals surface area contributed by atoms with E-state index >= 15 is 0 Å². The molecule has 2 unspecified atom stereocenters. The van der Waals surface area contributed by atoms with Gasteiger partial charge in [-0.1, -0.05) is 248 Å². The van der Waals surface area contributed by atoms with Gasteiger partial charge in [-0.25, -0.2) is 0 Å². The third kappa shape index (κ3) is 7.04. The van der Waals surface area contributed by atoms with E-state index in [-0.39, 0.29) is 10.8 Å². The van der Waals surface area contributed by atoms with Gasteiger partial charge in [0.1, 0.15) is 0 Å². The van der Waals surface area contributed by atoms with Gasteiger partial charge in [0.2, 0.25) is 0 Å². The van der Waals surface area contributed by atoms with Crippen molar-refractivity contribution >= 4 is 17.1 Å². The zero-order chi connectivity index (χ0) is 48.5. The summed E-state index contributed by atoms with van der Waals surface area (Å²) in [5, 5.41) is 0. The van der Waals surface area contributed by atoms with Gasteiger partial charge in [0.05, 0.1) is 10.8 Å². The van der Waals surface area contributed by atoms with Crippen LogP contribution < -0.4 is 4.90 Å². The van der Waals surface area contributed by atoms with Gasteiger partial charge in [-0.15, -0.1) is 0 Å². The predicted molar refractivity (Wildman–Crippen MR) is 299 cm³/mol. The molecule has 0 saturated carbocycles. The molecule has 0 spiro atoms. The molecule has 10 aromatic rings. The van der Waals surface area contributed by atoms with E-state index in [1.165, 1.54) is 89.0 Å². The second-order valence-corrected chi connectivity index (χ2v) is 21.7. The van der Waals surface area contributed by atoms with Gasteiger partial charge in [-0.2, -0.15) is 0 Å². The molecule has 344 valence electrons. The number of para-hydroxylation sites is 1. The van der Waals surface area contributed by atoms with Gasteiger partial charge in [0.15, 0.2) is 0 Å². The van der Waals surface area contributed by atoms with E-state index in [4.69, 9.17) is 0 Å². The molecule has 12 rings (SSSR count). The van der Waals surface area contributed by atoms with E-state index in [0.29, 0.717) is 0 Å². The second-order valence-electron chi connectivity index (χ2n) is 21.7. The number of nitrogens with zero attached hydrogens (tertiary/aromatic N) is 1. The maximum Gasteiger partial charge on any atom is 0.0714 e. The molecule has 0 saturated heterocycles. The summed E-state index contributed by atoms with van der Waals surface area (Å²) in [7, 11) is 0. The van der Waals surface area contributed by atoms with Crippen LogP contribution in [-0.4, -0.2) is 0 Å². The van der Waals surface area contributed by atoms with Gasteiger partial charge >= 0.3 is 0 Å². The number of anilines is 3. The monoisotopic (exact) mass is 913 g/mol. The van der Waals surface area contributed by atoms with Crippen molar-refractivity contribution in [1.82, 2.24) is 0 Å². The van der Waals surface area contributed by atoms with Gasteiger partial charge in [0.25, 0.3) is 0 Å². The largest absolute Gasteiger partial charge is 0.310 e. The first-order valence-electron chi connectivity index (χ1n) is 25.2. The molecule has 10 aromatic carbocycles. The predicted octanol–water partition coefficient (Wildman–Crippen LogP) is 18.1. The topological polar surface area (TPSA) is 3.24 Å². The Labute approximate surface area is 420 Å². The van der Waals surface area contributed by atoms with Crippen molar-refractivity contribution in [3.8, 4) is 33.4 Å². The van der Waals surface area contributed by atoms with Crippen LogP contribution in [0.2, 0.25) is 0 Å². The molecule has 2 aliphatic carbocycles. The van der Waals surface area contributed by atoms with Crippen LogP contribution in [0.3, 0.4) is 0 Å². The molecule has 0 aromatic heterocycles. The van der Waals surface area contributed by atoms with Crippen LogP contribution in [0.25, 0.3) is 33.4 Å². The first-order chi connectivity index (χ1) is 34.5. The molecule has 2 aliphatic rings. The summed E-state index contributed by atoms with van der Waals surface area (Å²) in [4.78, 5) is 2.42. The average molecular weight is 914 g/mol. The van der Waals surface area contributed by atoms with E-state index in [0.717, 1.165) is 17.1 Å². The fraction of sp³-hybridized carbons (Fsp3) is 0.143. The lowest BCUT2D eigenvalue weighted by atomic mass is 9.67. The molecule has 1 heteroatoms. The van der Waals surface area contributed by atoms with E-state index < -0.39 is 10.8 Å². The molecule has 0 fully saturated rings. The minimum absolute atomic E-state index is 0.0426. The summed E-state index contributed by atoms with van der Waals surface area (Å²) >= 11 is 0. The van der Waals surface area contributed by atoms with Crippen molar-refractivity contribution < 1.29 is 0 Å². The zero-order valence-corrected chi connectivity index (χ0v) is 41.6. The van der Waals surface area contributed by atoms with Crippen LogP contribution in [-0.2, 0) is 21.7 Å². The van der Waals surface area contributed by atoms with E-state index in [2.05, 4.69) is 295 Å². The van der Waals surface area contributed by atoms with Gasteiger partial charge in [0, 0.05) is 17.1 Å². The Morgan fingerprint density at radius 2 is 0.620 bits per heavy atom. The molecule has 0 heterocycles. The third-order valence-corrected chi connectivity index (χ3v) is 15.6. The Morgan fingerprint density at radius 1 is 0.268 bits per heavy atom. The molecule has 71 heavy (non-hydrogen) atoms. The Hall–Kier alpha value is -8.00. The molecule has 0 aliphatic heterocycles. The second kappa shape index (κ2) is 16.9. The van der Waals surface area contributed by atoms with Crippen molar-refractivity contribution in [2.75, 3.05) is 4.90 Å². The number of rotatable bonds is 8. The van der Waals surface area contributed by atoms with Crippen LogP contribution in [0.4, 0.5) is 17.1 Å². The van der Waals surface area contributed by atoms with Crippen LogP contribution in [0, 0.1) is 0 Å². The third-order valence-electron chi connectivity index (χ3n) is 15.6. The van der Waals surface area contributed by atoms with Crippen molar-refractivity contribution in [3.63, 3.8) is 0 Å². The van der Waals surface area contributed by atoms with E-state index in [1.54, 1.807) is 0 Å². The van der Waals surface area contributed by atoms with E-state index in [1.807, 2.05) is 0 Å². The molecular formula is C70H59N. The Kier molecular flexibility index (Phi) is 10.5. The number of hydrogen-bond donors (Lipinski definition) is 0. The van der Waals surface area contributed by atoms with Crippen molar-refractivity contribution in [2.45, 2.75) is 63.2 Å². The average Bonchev–Trinajstić information content (AvgIpc) is 3.87. The molecule has 0 radical (unpaired) electrons. The van der Waals surface area contributed by atoms with E-state index in [9.17, 15) is 0 Å². The van der Waals surface area contributed by atoms with Crippen LogP contribution in [0.15, 0.2) is 249 Å². The SMILES string of the molecule is CC(C)(C)c1ccc(C2(c3ccccc3)c3ccccc3-c3ccc(-c4ccc(N(c5ccccc5)c5ccc6c(c5)C(c5ccccc5)(c5ccc(C(C)(C)C)cc5)c5ccccc5-6)cc4)cc32)cc1. The standard InChI is InChI=1S/C70H59N/c1-67(2,3)50-33-37-54(38-34-50)69(52-20-10-7-11-21-52)63-28-18-16-26-59(63)61-44-32-49(46-65(61)69)48-30-41-57(42-31-48)71(56-24-14-9-15-25-56)58-43-45-62-60-27-17-19-29-64(60)70(66(62)47-58,53-22-12-8-13-23-53)55-39-35-51(36-40-55)68(4,5)6/h7-47H,1-6H3. The highest BCUT2D eigenvalue weighted by Crippen LogP contribution is 2.59. The summed E-state index contributed by atoms with van der Waals surface area (Å²) in [6, 6.07) is 93.6.